The molecule has 1 N–H and O–H groups in total. The van der Waals surface area contributed by atoms with Gasteiger partial charge in [0.25, 0.3) is 5.91 Å². The van der Waals surface area contributed by atoms with Crippen LogP contribution in [0, 0.1) is 6.92 Å². The van der Waals surface area contributed by atoms with Crippen molar-refractivity contribution in [3.63, 3.8) is 0 Å². The zero-order valence-corrected chi connectivity index (χ0v) is 15.8. The first kappa shape index (κ1) is 18.7. The quantitative estimate of drug-likeness (QED) is 0.834. The Bertz CT molecular complexity index is 778. The predicted molar refractivity (Wildman–Crippen MR) is 97.3 cm³/mol. The Hall–Kier alpha value is -2.12. The number of hydrogen-bond acceptors (Lipinski definition) is 5. The lowest BCUT2D eigenvalue weighted by Crippen LogP contribution is -2.38. The highest BCUT2D eigenvalue weighted by molar-refractivity contribution is 6.30. The van der Waals surface area contributed by atoms with Crippen LogP contribution in [0.1, 0.15) is 30.1 Å². The van der Waals surface area contributed by atoms with Gasteiger partial charge in [0.05, 0.1) is 0 Å². The zero-order valence-electron chi connectivity index (χ0n) is 15.0. The number of ether oxygens (including phenoxy) is 2. The molecular formula is C18H23ClN4O3. The summed E-state index contributed by atoms with van der Waals surface area (Å²) in [6, 6.07) is 5.43. The van der Waals surface area contributed by atoms with Crippen LogP contribution in [0.25, 0.3) is 0 Å². The minimum atomic E-state index is -0.126. The molecular weight excluding hydrogens is 356 g/mol. The van der Waals surface area contributed by atoms with E-state index in [4.69, 9.17) is 21.1 Å². The number of carbonyl (C=O) groups excluding carboxylic acids is 1. The highest BCUT2D eigenvalue weighted by Crippen LogP contribution is 2.21. The maximum absolute atomic E-state index is 12.2. The summed E-state index contributed by atoms with van der Waals surface area (Å²) in [6.45, 7) is 3.10. The molecule has 0 spiro atoms. The summed E-state index contributed by atoms with van der Waals surface area (Å²) >= 11 is 5.93. The number of hydrogen-bond donors (Lipinski definition) is 1. The number of fused-ring (bicyclic) bond motifs is 1. The van der Waals surface area contributed by atoms with Crippen molar-refractivity contribution in [1.29, 1.82) is 0 Å². The molecule has 1 atom stereocenters. The number of amides is 1. The number of carbonyl (C=O) groups is 1. The van der Waals surface area contributed by atoms with E-state index in [1.807, 2.05) is 13.0 Å². The van der Waals surface area contributed by atoms with Gasteiger partial charge >= 0.3 is 0 Å². The molecule has 1 aliphatic heterocycles. The largest absolute Gasteiger partial charge is 0.484 e. The minimum Gasteiger partial charge on any atom is -0.484 e. The number of halogens is 1. The Labute approximate surface area is 157 Å². The van der Waals surface area contributed by atoms with Crippen LogP contribution in [0.15, 0.2) is 18.2 Å². The van der Waals surface area contributed by atoms with Gasteiger partial charge in [0.15, 0.2) is 12.4 Å². The molecule has 0 saturated carbocycles. The second kappa shape index (κ2) is 8.51. The number of nitrogens with zero attached hydrogens (tertiary/aromatic N) is 3. The molecule has 1 unspecified atom stereocenters. The Morgan fingerprint density at radius 2 is 2.23 bits per heavy atom. The lowest BCUT2D eigenvalue weighted by Gasteiger charge is -2.17. The van der Waals surface area contributed by atoms with Crippen LogP contribution in [0.3, 0.4) is 0 Å². The molecule has 26 heavy (non-hydrogen) atoms. The van der Waals surface area contributed by atoms with Crippen molar-refractivity contribution in [2.45, 2.75) is 45.4 Å². The van der Waals surface area contributed by atoms with Crippen LogP contribution in [0.2, 0.25) is 5.02 Å². The molecule has 0 aliphatic carbocycles. The van der Waals surface area contributed by atoms with Gasteiger partial charge in [0, 0.05) is 31.1 Å². The first-order chi connectivity index (χ1) is 12.6. The number of rotatable bonds is 6. The van der Waals surface area contributed by atoms with Crippen molar-refractivity contribution in [2.24, 2.45) is 0 Å². The molecule has 0 radical (unpaired) electrons. The van der Waals surface area contributed by atoms with Crippen LogP contribution < -0.4 is 10.1 Å². The Kier molecular flexibility index (Phi) is 6.11. The van der Waals surface area contributed by atoms with E-state index in [-0.39, 0.29) is 18.6 Å². The maximum atomic E-state index is 12.2. The standard InChI is InChI=1S/C18H23ClN4O3/c1-12-9-13(19)3-5-15(12)26-11-18(24)20-14-4-6-16-21-22-17(10-25-2)23(16)8-7-14/h3,5,9,14H,4,6-8,10-11H2,1-2H3,(H,20,24). The smallest absolute Gasteiger partial charge is 0.258 e. The van der Waals surface area contributed by atoms with Gasteiger partial charge in [-0.15, -0.1) is 10.2 Å². The van der Waals surface area contributed by atoms with Crippen molar-refractivity contribution >= 4 is 17.5 Å². The fourth-order valence-electron chi connectivity index (χ4n) is 3.12. The van der Waals surface area contributed by atoms with Gasteiger partial charge in [-0.1, -0.05) is 11.6 Å². The van der Waals surface area contributed by atoms with E-state index in [1.54, 1.807) is 19.2 Å². The topological polar surface area (TPSA) is 78.3 Å². The molecule has 8 heteroatoms. The fraction of sp³-hybridized carbons (Fsp3) is 0.500. The van der Waals surface area contributed by atoms with Gasteiger partial charge in [-0.05, 0) is 43.5 Å². The average molecular weight is 379 g/mol. The van der Waals surface area contributed by atoms with Crippen molar-refractivity contribution < 1.29 is 14.3 Å². The Morgan fingerprint density at radius 3 is 3.00 bits per heavy atom. The van der Waals surface area contributed by atoms with Gasteiger partial charge < -0.3 is 19.4 Å². The highest BCUT2D eigenvalue weighted by atomic mass is 35.5. The number of nitrogens with one attached hydrogen (secondary N) is 1. The van der Waals surface area contributed by atoms with Crippen molar-refractivity contribution in [1.82, 2.24) is 20.1 Å². The van der Waals surface area contributed by atoms with Crippen LogP contribution >= 0.6 is 11.6 Å². The molecule has 7 nitrogen and oxygen atoms in total. The lowest BCUT2D eigenvalue weighted by atomic mass is 10.1. The van der Waals surface area contributed by atoms with E-state index < -0.39 is 0 Å². The third-order valence-electron chi connectivity index (χ3n) is 4.46. The number of benzene rings is 1. The first-order valence-electron chi connectivity index (χ1n) is 8.65. The Balaban J connectivity index is 1.51. The summed E-state index contributed by atoms with van der Waals surface area (Å²) in [6.07, 6.45) is 2.43. The van der Waals surface area contributed by atoms with E-state index in [9.17, 15) is 4.79 Å². The van der Waals surface area contributed by atoms with Crippen LogP contribution in [0.4, 0.5) is 0 Å². The SMILES string of the molecule is COCc1nnc2n1CCC(NC(=O)COc1ccc(Cl)cc1C)CC2. The van der Waals surface area contributed by atoms with E-state index in [1.165, 1.54) is 0 Å². The Morgan fingerprint density at radius 1 is 1.38 bits per heavy atom. The summed E-state index contributed by atoms with van der Waals surface area (Å²) in [5.41, 5.74) is 0.906. The molecule has 0 fully saturated rings. The second-order valence-corrected chi connectivity index (χ2v) is 6.84. The summed E-state index contributed by atoms with van der Waals surface area (Å²) in [5, 5.41) is 12.1. The number of methoxy groups -OCH3 is 1. The van der Waals surface area contributed by atoms with Crippen molar-refractivity contribution in [3.05, 3.63) is 40.4 Å². The first-order valence-corrected chi connectivity index (χ1v) is 9.03. The van der Waals surface area contributed by atoms with E-state index in [0.717, 1.165) is 43.0 Å². The normalized spacial score (nSPS) is 16.7. The van der Waals surface area contributed by atoms with Gasteiger partial charge in [0.1, 0.15) is 18.2 Å². The van der Waals surface area contributed by atoms with Crippen LogP contribution in [-0.4, -0.2) is 40.4 Å². The molecule has 2 aromatic rings. The van der Waals surface area contributed by atoms with E-state index in [2.05, 4.69) is 20.1 Å². The molecule has 1 aromatic heterocycles. The molecule has 2 heterocycles. The molecule has 140 valence electrons. The maximum Gasteiger partial charge on any atom is 0.258 e. The summed E-state index contributed by atoms with van der Waals surface area (Å²) in [5.74, 6) is 2.32. The highest BCUT2D eigenvalue weighted by Gasteiger charge is 2.21. The van der Waals surface area contributed by atoms with Crippen LogP contribution in [-0.2, 0) is 29.1 Å². The van der Waals surface area contributed by atoms with Crippen molar-refractivity contribution in [2.75, 3.05) is 13.7 Å². The second-order valence-electron chi connectivity index (χ2n) is 6.41. The monoisotopic (exact) mass is 378 g/mol. The molecule has 0 bridgehead atoms. The zero-order chi connectivity index (χ0) is 18.5. The van der Waals surface area contributed by atoms with Gasteiger partial charge in [-0.2, -0.15) is 0 Å². The number of aryl methyl sites for hydroxylation is 2. The van der Waals surface area contributed by atoms with Gasteiger partial charge in [-0.3, -0.25) is 4.79 Å². The average Bonchev–Trinajstić information content (AvgIpc) is 2.87. The van der Waals surface area contributed by atoms with Crippen LogP contribution in [0.5, 0.6) is 5.75 Å². The van der Waals surface area contributed by atoms with Gasteiger partial charge in [-0.25, -0.2) is 0 Å². The summed E-state index contributed by atoms with van der Waals surface area (Å²) in [4.78, 5) is 12.2. The molecule has 0 saturated heterocycles. The number of aromatic nitrogens is 3. The predicted octanol–water partition coefficient (Wildman–Crippen LogP) is 2.29. The summed E-state index contributed by atoms with van der Waals surface area (Å²) < 4.78 is 12.9. The third kappa shape index (κ3) is 4.53. The van der Waals surface area contributed by atoms with Crippen molar-refractivity contribution in [3.8, 4) is 5.75 Å². The van der Waals surface area contributed by atoms with E-state index >= 15 is 0 Å². The molecule has 3 rings (SSSR count). The lowest BCUT2D eigenvalue weighted by molar-refractivity contribution is -0.123. The fourth-order valence-corrected chi connectivity index (χ4v) is 3.34. The molecule has 1 aromatic carbocycles. The minimum absolute atomic E-state index is 0.0139. The van der Waals surface area contributed by atoms with E-state index in [0.29, 0.717) is 17.4 Å². The molecule has 1 amide bonds. The van der Waals surface area contributed by atoms with Gasteiger partial charge in [0.2, 0.25) is 0 Å². The summed E-state index contributed by atoms with van der Waals surface area (Å²) in [7, 11) is 1.64. The molecule has 1 aliphatic rings. The third-order valence-corrected chi connectivity index (χ3v) is 4.69.